The highest BCUT2D eigenvalue weighted by Gasteiger charge is 2.12. The summed E-state index contributed by atoms with van der Waals surface area (Å²) in [7, 11) is 1.49. The van der Waals surface area contributed by atoms with Gasteiger partial charge in [-0.15, -0.1) is 0 Å². The van der Waals surface area contributed by atoms with E-state index in [0.29, 0.717) is 0 Å². The molecule has 4 nitrogen and oxygen atoms in total. The molecule has 0 bridgehead atoms. The molecule has 0 aliphatic carbocycles. The molecule has 84 valence electrons. The number of rotatable bonds is 4. The van der Waals surface area contributed by atoms with Gasteiger partial charge in [-0.2, -0.15) is 0 Å². The maximum absolute atomic E-state index is 13.2. The lowest BCUT2D eigenvalue weighted by molar-refractivity contribution is 0.281. The van der Waals surface area contributed by atoms with Crippen LogP contribution in [0, 0.1) is 11.6 Å². The molecule has 1 rings (SSSR count). The van der Waals surface area contributed by atoms with Crippen LogP contribution in [0.25, 0.3) is 0 Å². The number of aliphatic hydroxyl groups excluding tert-OH is 1. The summed E-state index contributed by atoms with van der Waals surface area (Å²) in [6.45, 7) is 1.50. The van der Waals surface area contributed by atoms with Crippen molar-refractivity contribution in [3.63, 3.8) is 0 Å². The van der Waals surface area contributed by atoms with Crippen LogP contribution < -0.4 is 10.6 Å². The first-order valence-electron chi connectivity index (χ1n) is 4.49. The quantitative estimate of drug-likeness (QED) is 0.709. The van der Waals surface area contributed by atoms with Gasteiger partial charge in [-0.05, 0) is 6.92 Å². The first-order chi connectivity index (χ1) is 7.08. The molecule has 0 radical (unpaired) electrons. The van der Waals surface area contributed by atoms with Crippen LogP contribution in [-0.4, -0.2) is 29.8 Å². The third-order valence-corrected chi connectivity index (χ3v) is 1.82. The molecule has 0 aromatic carbocycles. The lowest BCUT2D eigenvalue weighted by Gasteiger charge is -2.13. The van der Waals surface area contributed by atoms with Crippen LogP contribution in [0.4, 0.5) is 20.4 Å². The van der Waals surface area contributed by atoms with Crippen LogP contribution in [0.1, 0.15) is 6.92 Å². The van der Waals surface area contributed by atoms with Crippen molar-refractivity contribution in [2.75, 3.05) is 24.3 Å². The van der Waals surface area contributed by atoms with Crippen LogP contribution >= 0.6 is 0 Å². The van der Waals surface area contributed by atoms with Crippen LogP contribution in [0.3, 0.4) is 0 Å². The molecule has 6 heteroatoms. The molecule has 0 aliphatic rings. The molecule has 0 saturated heterocycles. The second-order valence-electron chi connectivity index (χ2n) is 3.13. The molecular weight excluding hydrogens is 204 g/mol. The van der Waals surface area contributed by atoms with Gasteiger partial charge in [-0.25, -0.2) is 13.8 Å². The summed E-state index contributed by atoms with van der Waals surface area (Å²) in [4.78, 5) is 3.69. The molecule has 1 atom stereocenters. The first kappa shape index (κ1) is 11.6. The molecule has 1 aromatic heterocycles. The second kappa shape index (κ2) is 4.88. The van der Waals surface area contributed by atoms with E-state index < -0.39 is 11.6 Å². The average Bonchev–Trinajstić information content (AvgIpc) is 2.21. The SMILES string of the molecule is CNc1nc(NC(C)CO)c(F)cc1F. The third kappa shape index (κ3) is 2.76. The van der Waals surface area contributed by atoms with Crippen molar-refractivity contribution in [1.29, 1.82) is 0 Å². The number of aliphatic hydroxyl groups is 1. The lowest BCUT2D eigenvalue weighted by atomic mass is 10.3. The Kier molecular flexibility index (Phi) is 3.79. The van der Waals surface area contributed by atoms with Crippen LogP contribution in [0.15, 0.2) is 6.07 Å². The van der Waals surface area contributed by atoms with Crippen molar-refractivity contribution in [3.05, 3.63) is 17.7 Å². The van der Waals surface area contributed by atoms with Gasteiger partial charge in [0.15, 0.2) is 23.3 Å². The summed E-state index contributed by atoms with van der Waals surface area (Å²) >= 11 is 0. The van der Waals surface area contributed by atoms with Crippen molar-refractivity contribution < 1.29 is 13.9 Å². The Morgan fingerprint density at radius 2 is 2.00 bits per heavy atom. The number of nitrogens with zero attached hydrogens (tertiary/aromatic N) is 1. The average molecular weight is 217 g/mol. The monoisotopic (exact) mass is 217 g/mol. The van der Waals surface area contributed by atoms with Gasteiger partial charge < -0.3 is 15.7 Å². The van der Waals surface area contributed by atoms with Gasteiger partial charge in [-0.3, -0.25) is 0 Å². The summed E-state index contributed by atoms with van der Waals surface area (Å²) in [6, 6.07) is 0.396. The number of aromatic nitrogens is 1. The predicted molar refractivity (Wildman–Crippen MR) is 53.9 cm³/mol. The van der Waals surface area contributed by atoms with E-state index in [1.54, 1.807) is 6.92 Å². The maximum atomic E-state index is 13.2. The Labute approximate surface area is 86.3 Å². The van der Waals surface area contributed by atoms with Crippen LogP contribution in [0.2, 0.25) is 0 Å². The fourth-order valence-electron chi connectivity index (χ4n) is 1.02. The van der Waals surface area contributed by atoms with Crippen molar-refractivity contribution in [3.8, 4) is 0 Å². The Morgan fingerprint density at radius 3 is 2.53 bits per heavy atom. The fraction of sp³-hybridized carbons (Fsp3) is 0.444. The molecular formula is C9H13F2N3O. The fourth-order valence-corrected chi connectivity index (χ4v) is 1.02. The first-order valence-corrected chi connectivity index (χ1v) is 4.49. The zero-order valence-electron chi connectivity index (χ0n) is 8.51. The number of halogens is 2. The van der Waals surface area contributed by atoms with Gasteiger partial charge >= 0.3 is 0 Å². The van der Waals surface area contributed by atoms with Crippen molar-refractivity contribution in [2.24, 2.45) is 0 Å². The van der Waals surface area contributed by atoms with Crippen LogP contribution in [-0.2, 0) is 0 Å². The summed E-state index contributed by atoms with van der Waals surface area (Å²) in [6.07, 6.45) is 0. The highest BCUT2D eigenvalue weighted by atomic mass is 19.1. The summed E-state index contributed by atoms with van der Waals surface area (Å²) < 4.78 is 26.2. The van der Waals surface area contributed by atoms with E-state index in [4.69, 9.17) is 5.11 Å². The lowest BCUT2D eigenvalue weighted by Crippen LogP contribution is -2.21. The third-order valence-electron chi connectivity index (χ3n) is 1.82. The van der Waals surface area contributed by atoms with Gasteiger partial charge in [0.2, 0.25) is 0 Å². The zero-order valence-corrected chi connectivity index (χ0v) is 8.51. The number of anilines is 2. The van der Waals surface area contributed by atoms with Crippen molar-refractivity contribution in [2.45, 2.75) is 13.0 Å². The molecule has 0 fully saturated rings. The van der Waals surface area contributed by atoms with E-state index in [9.17, 15) is 8.78 Å². The van der Waals surface area contributed by atoms with Gasteiger partial charge in [0, 0.05) is 19.2 Å². The summed E-state index contributed by atoms with van der Waals surface area (Å²) in [5, 5.41) is 13.9. The highest BCUT2D eigenvalue weighted by molar-refractivity contribution is 5.47. The number of hydrogen-bond acceptors (Lipinski definition) is 4. The normalized spacial score (nSPS) is 12.3. The Hall–Kier alpha value is -1.43. The molecule has 0 aliphatic heterocycles. The minimum atomic E-state index is -0.785. The standard InChI is InChI=1S/C9H13F2N3O/c1-5(4-15)13-9-7(11)3-6(10)8(12-2)14-9/h3,5,15H,4H2,1-2H3,(H2,12,13,14). The predicted octanol–water partition coefficient (Wildman–Crippen LogP) is 1.19. The molecule has 0 amide bonds. The largest absolute Gasteiger partial charge is 0.394 e. The number of nitrogens with one attached hydrogen (secondary N) is 2. The van der Waals surface area contributed by atoms with E-state index in [1.807, 2.05) is 0 Å². The van der Waals surface area contributed by atoms with E-state index in [0.717, 1.165) is 6.07 Å². The number of pyridine rings is 1. The van der Waals surface area contributed by atoms with Crippen LogP contribution in [0.5, 0.6) is 0 Å². The molecule has 15 heavy (non-hydrogen) atoms. The Bertz CT molecular complexity index is 346. The number of hydrogen-bond donors (Lipinski definition) is 3. The minimum absolute atomic E-state index is 0.0379. The molecule has 3 N–H and O–H groups in total. The zero-order chi connectivity index (χ0) is 11.4. The Morgan fingerprint density at radius 1 is 1.40 bits per heavy atom. The molecule has 1 aromatic rings. The van der Waals surface area contributed by atoms with E-state index in [-0.39, 0.29) is 24.3 Å². The smallest absolute Gasteiger partial charge is 0.168 e. The molecule has 1 heterocycles. The Balaban J connectivity index is 2.97. The van der Waals surface area contributed by atoms with E-state index in [1.165, 1.54) is 7.05 Å². The summed E-state index contributed by atoms with van der Waals surface area (Å²) in [5.74, 6) is -1.66. The minimum Gasteiger partial charge on any atom is -0.394 e. The van der Waals surface area contributed by atoms with Crippen molar-refractivity contribution >= 4 is 11.6 Å². The second-order valence-corrected chi connectivity index (χ2v) is 3.13. The summed E-state index contributed by atoms with van der Waals surface area (Å²) in [5.41, 5.74) is 0. The highest BCUT2D eigenvalue weighted by Crippen LogP contribution is 2.18. The molecule has 0 saturated carbocycles. The van der Waals surface area contributed by atoms with Gasteiger partial charge in [0.25, 0.3) is 0 Å². The topological polar surface area (TPSA) is 57.2 Å². The van der Waals surface area contributed by atoms with Crippen molar-refractivity contribution in [1.82, 2.24) is 4.98 Å². The molecule has 0 spiro atoms. The van der Waals surface area contributed by atoms with Gasteiger partial charge in [-0.1, -0.05) is 0 Å². The van der Waals surface area contributed by atoms with Gasteiger partial charge in [0.1, 0.15) is 0 Å². The maximum Gasteiger partial charge on any atom is 0.168 e. The van der Waals surface area contributed by atoms with Gasteiger partial charge in [0.05, 0.1) is 6.61 Å². The van der Waals surface area contributed by atoms with E-state index in [2.05, 4.69) is 15.6 Å². The molecule has 1 unspecified atom stereocenters. The van der Waals surface area contributed by atoms with E-state index >= 15 is 0 Å².